The third-order valence-corrected chi connectivity index (χ3v) is 4.95. The van der Waals surface area contributed by atoms with Crippen LogP contribution in [-0.2, 0) is 17.6 Å². The van der Waals surface area contributed by atoms with E-state index in [0.717, 1.165) is 22.7 Å². The maximum Gasteiger partial charge on any atom is 0.226 e. The van der Waals surface area contributed by atoms with Crippen LogP contribution in [0.4, 0.5) is 0 Å². The first kappa shape index (κ1) is 14.9. The van der Waals surface area contributed by atoms with Gasteiger partial charge in [-0.2, -0.15) is 0 Å². The fourth-order valence-corrected chi connectivity index (χ4v) is 3.54. The number of rotatable bonds is 6. The second kappa shape index (κ2) is 7.29. The van der Waals surface area contributed by atoms with E-state index in [1.807, 2.05) is 29.0 Å². The lowest BCUT2D eigenvalue weighted by molar-refractivity contribution is -0.120. The Morgan fingerprint density at radius 2 is 2.18 bits per heavy atom. The first-order valence-corrected chi connectivity index (χ1v) is 8.71. The number of nitrogens with one attached hydrogen (secondary N) is 1. The summed E-state index contributed by atoms with van der Waals surface area (Å²) in [7, 11) is 0. The number of hydrogen-bond acceptors (Lipinski definition) is 5. The van der Waals surface area contributed by atoms with Crippen molar-refractivity contribution in [2.75, 3.05) is 6.54 Å². The Morgan fingerprint density at radius 1 is 1.23 bits per heavy atom. The molecule has 3 aromatic rings. The predicted octanol–water partition coefficient (Wildman–Crippen LogP) is 3.17. The van der Waals surface area contributed by atoms with E-state index >= 15 is 0 Å². The van der Waals surface area contributed by atoms with Crippen LogP contribution in [-0.4, -0.2) is 22.4 Å². The van der Waals surface area contributed by atoms with Crippen molar-refractivity contribution < 1.29 is 4.79 Å². The molecule has 1 N–H and O–H groups in total. The largest absolute Gasteiger partial charge is 0.355 e. The molecule has 0 spiro atoms. The molecule has 0 aliphatic heterocycles. The molecule has 4 nitrogen and oxygen atoms in total. The lowest BCUT2D eigenvalue weighted by atomic mass is 10.3. The second-order valence-electron chi connectivity index (χ2n) is 4.74. The van der Waals surface area contributed by atoms with Crippen LogP contribution in [0, 0.1) is 0 Å². The molecule has 0 atom stereocenters. The molecule has 0 bridgehead atoms. The van der Waals surface area contributed by atoms with Crippen molar-refractivity contribution in [3.05, 3.63) is 58.0 Å². The van der Waals surface area contributed by atoms with Crippen molar-refractivity contribution in [2.24, 2.45) is 0 Å². The van der Waals surface area contributed by atoms with Gasteiger partial charge in [0.2, 0.25) is 5.91 Å². The van der Waals surface area contributed by atoms with Crippen molar-refractivity contribution in [2.45, 2.75) is 12.8 Å². The third-order valence-electron chi connectivity index (χ3n) is 3.08. The fourth-order valence-electron chi connectivity index (χ4n) is 2.02. The number of pyridine rings is 1. The Morgan fingerprint density at radius 3 is 2.95 bits per heavy atom. The van der Waals surface area contributed by atoms with Gasteiger partial charge in [-0.25, -0.2) is 4.98 Å². The Bertz CT molecular complexity index is 723. The van der Waals surface area contributed by atoms with Gasteiger partial charge in [0.1, 0.15) is 5.01 Å². The summed E-state index contributed by atoms with van der Waals surface area (Å²) >= 11 is 3.25. The lowest BCUT2D eigenvalue weighted by Gasteiger charge is -2.02. The van der Waals surface area contributed by atoms with Crippen LogP contribution in [0.2, 0.25) is 0 Å². The molecule has 0 saturated carbocycles. The Kier molecular flexibility index (Phi) is 4.92. The zero-order chi connectivity index (χ0) is 15.2. The quantitative estimate of drug-likeness (QED) is 0.756. The highest BCUT2D eigenvalue weighted by molar-refractivity contribution is 7.13. The second-order valence-corrected chi connectivity index (χ2v) is 6.63. The minimum atomic E-state index is 0.0135. The van der Waals surface area contributed by atoms with E-state index in [4.69, 9.17) is 0 Å². The summed E-state index contributed by atoms with van der Waals surface area (Å²) in [5.41, 5.74) is 1.79. The standard InChI is InChI=1S/C16H15N3OS2/c20-15(18-7-5-14-4-2-8-21-14)9-13-11-22-16(19-13)12-3-1-6-17-10-12/h1-4,6,8,10-11H,5,7,9H2,(H,18,20). The van der Waals surface area contributed by atoms with Gasteiger partial charge in [0, 0.05) is 34.8 Å². The van der Waals surface area contributed by atoms with Gasteiger partial charge in [0.25, 0.3) is 0 Å². The Hall–Kier alpha value is -2.05. The van der Waals surface area contributed by atoms with Gasteiger partial charge in [0.05, 0.1) is 12.1 Å². The van der Waals surface area contributed by atoms with Gasteiger partial charge >= 0.3 is 0 Å². The fraction of sp³-hybridized carbons (Fsp3) is 0.188. The van der Waals surface area contributed by atoms with Gasteiger partial charge in [0.15, 0.2) is 0 Å². The minimum Gasteiger partial charge on any atom is -0.355 e. The average Bonchev–Trinajstić information content (AvgIpc) is 3.20. The molecule has 112 valence electrons. The van der Waals surface area contributed by atoms with E-state index in [1.165, 1.54) is 16.2 Å². The maximum absolute atomic E-state index is 11.9. The number of amides is 1. The first-order valence-electron chi connectivity index (χ1n) is 6.95. The van der Waals surface area contributed by atoms with Gasteiger partial charge in [-0.1, -0.05) is 6.07 Å². The smallest absolute Gasteiger partial charge is 0.226 e. The molecular weight excluding hydrogens is 314 g/mol. The minimum absolute atomic E-state index is 0.0135. The average molecular weight is 329 g/mol. The van der Waals surface area contributed by atoms with Gasteiger partial charge in [-0.3, -0.25) is 9.78 Å². The van der Waals surface area contributed by atoms with Crippen molar-refractivity contribution in [1.29, 1.82) is 0 Å². The molecule has 0 aliphatic carbocycles. The molecule has 0 fully saturated rings. The zero-order valence-corrected chi connectivity index (χ0v) is 13.5. The van der Waals surface area contributed by atoms with Crippen LogP contribution < -0.4 is 5.32 Å². The van der Waals surface area contributed by atoms with Crippen molar-refractivity contribution in [3.8, 4) is 10.6 Å². The summed E-state index contributed by atoms with van der Waals surface area (Å²) in [5.74, 6) is 0.0135. The number of carbonyl (C=O) groups excluding carboxylic acids is 1. The summed E-state index contributed by atoms with van der Waals surface area (Å²) in [4.78, 5) is 21.8. The number of aromatic nitrogens is 2. The van der Waals surface area contributed by atoms with Crippen LogP contribution >= 0.6 is 22.7 Å². The molecule has 3 aromatic heterocycles. The topological polar surface area (TPSA) is 54.9 Å². The predicted molar refractivity (Wildman–Crippen MR) is 90.1 cm³/mol. The number of thiazole rings is 1. The van der Waals surface area contributed by atoms with Crippen molar-refractivity contribution >= 4 is 28.6 Å². The number of thiophene rings is 1. The Labute approximate surface area is 136 Å². The lowest BCUT2D eigenvalue weighted by Crippen LogP contribution is -2.27. The molecule has 0 unspecified atom stereocenters. The van der Waals surface area contributed by atoms with Crippen molar-refractivity contribution in [3.63, 3.8) is 0 Å². The van der Waals surface area contributed by atoms with Gasteiger partial charge in [-0.05, 0) is 30.0 Å². The monoisotopic (exact) mass is 329 g/mol. The number of hydrogen-bond donors (Lipinski definition) is 1. The molecular formula is C16H15N3OS2. The molecule has 0 aromatic carbocycles. The van der Waals surface area contributed by atoms with E-state index < -0.39 is 0 Å². The normalized spacial score (nSPS) is 10.5. The van der Waals surface area contributed by atoms with Crippen LogP contribution in [0.1, 0.15) is 10.6 Å². The maximum atomic E-state index is 11.9. The highest BCUT2D eigenvalue weighted by Crippen LogP contribution is 2.22. The molecule has 22 heavy (non-hydrogen) atoms. The number of nitrogens with zero attached hydrogens (tertiary/aromatic N) is 2. The van der Waals surface area contributed by atoms with Crippen LogP contribution in [0.3, 0.4) is 0 Å². The molecule has 6 heteroatoms. The van der Waals surface area contributed by atoms with E-state index in [1.54, 1.807) is 23.7 Å². The van der Waals surface area contributed by atoms with Crippen LogP contribution in [0.5, 0.6) is 0 Å². The number of carbonyl (C=O) groups is 1. The van der Waals surface area contributed by atoms with E-state index in [9.17, 15) is 4.79 Å². The summed E-state index contributed by atoms with van der Waals surface area (Å²) in [5, 5.41) is 7.82. The van der Waals surface area contributed by atoms with E-state index in [0.29, 0.717) is 13.0 Å². The van der Waals surface area contributed by atoms with Gasteiger partial charge < -0.3 is 5.32 Å². The third kappa shape index (κ3) is 3.99. The molecule has 3 heterocycles. The van der Waals surface area contributed by atoms with Crippen LogP contribution in [0.25, 0.3) is 10.6 Å². The molecule has 1 amide bonds. The van der Waals surface area contributed by atoms with Gasteiger partial charge in [-0.15, -0.1) is 22.7 Å². The highest BCUT2D eigenvalue weighted by atomic mass is 32.1. The molecule has 0 radical (unpaired) electrons. The highest BCUT2D eigenvalue weighted by Gasteiger charge is 2.09. The molecule has 0 aliphatic rings. The first-order chi connectivity index (χ1) is 10.8. The van der Waals surface area contributed by atoms with Crippen LogP contribution in [0.15, 0.2) is 47.4 Å². The van der Waals surface area contributed by atoms with E-state index in [2.05, 4.69) is 21.4 Å². The summed E-state index contributed by atoms with van der Waals surface area (Å²) in [6, 6.07) is 7.96. The Balaban J connectivity index is 1.50. The summed E-state index contributed by atoms with van der Waals surface area (Å²) in [6.07, 6.45) is 4.71. The zero-order valence-electron chi connectivity index (χ0n) is 11.9. The summed E-state index contributed by atoms with van der Waals surface area (Å²) < 4.78 is 0. The van der Waals surface area contributed by atoms with E-state index in [-0.39, 0.29) is 5.91 Å². The summed E-state index contributed by atoms with van der Waals surface area (Å²) in [6.45, 7) is 0.666. The molecule has 0 saturated heterocycles. The van der Waals surface area contributed by atoms with Crippen molar-refractivity contribution in [1.82, 2.24) is 15.3 Å². The SMILES string of the molecule is O=C(Cc1csc(-c2cccnc2)n1)NCCc1cccs1. The molecule has 3 rings (SSSR count).